The Balaban J connectivity index is 1.99. The molecule has 0 spiro atoms. The SMILES string of the molecule is Cc1ccc(NC(=O)C(=O)N2CCN(C)CC2)c(Br)c1. The van der Waals surface area contributed by atoms with Gasteiger partial charge in [0, 0.05) is 30.7 Å². The number of hydrogen-bond donors (Lipinski definition) is 1. The van der Waals surface area contributed by atoms with E-state index >= 15 is 0 Å². The average molecular weight is 340 g/mol. The maximum Gasteiger partial charge on any atom is 0.313 e. The summed E-state index contributed by atoms with van der Waals surface area (Å²) in [4.78, 5) is 27.8. The normalized spacial score (nSPS) is 16.1. The Labute approximate surface area is 127 Å². The van der Waals surface area contributed by atoms with Crippen molar-refractivity contribution in [1.82, 2.24) is 9.80 Å². The van der Waals surface area contributed by atoms with Gasteiger partial charge in [-0.1, -0.05) is 6.07 Å². The van der Waals surface area contributed by atoms with E-state index in [0.29, 0.717) is 18.8 Å². The van der Waals surface area contributed by atoms with Crippen molar-refractivity contribution in [3.8, 4) is 0 Å². The summed E-state index contributed by atoms with van der Waals surface area (Å²) in [5.41, 5.74) is 1.70. The second-order valence-electron chi connectivity index (χ2n) is 5.03. The van der Waals surface area contributed by atoms with Gasteiger partial charge in [-0.05, 0) is 47.6 Å². The monoisotopic (exact) mass is 339 g/mol. The Morgan fingerprint density at radius 3 is 2.45 bits per heavy atom. The van der Waals surface area contributed by atoms with E-state index in [1.54, 1.807) is 11.0 Å². The van der Waals surface area contributed by atoms with Crippen molar-refractivity contribution in [2.24, 2.45) is 0 Å². The molecule has 0 unspecified atom stereocenters. The van der Waals surface area contributed by atoms with Gasteiger partial charge in [-0.2, -0.15) is 0 Å². The number of anilines is 1. The first kappa shape index (κ1) is 15.0. The maximum absolute atomic E-state index is 12.1. The molecule has 1 saturated heterocycles. The predicted molar refractivity (Wildman–Crippen MR) is 81.6 cm³/mol. The highest BCUT2D eigenvalue weighted by atomic mass is 79.9. The number of amides is 2. The van der Waals surface area contributed by atoms with Gasteiger partial charge in [0.25, 0.3) is 0 Å². The molecule has 2 rings (SSSR count). The Hall–Kier alpha value is -1.40. The molecule has 1 N–H and O–H groups in total. The van der Waals surface area contributed by atoms with Crippen LogP contribution >= 0.6 is 15.9 Å². The first-order valence-electron chi connectivity index (χ1n) is 6.52. The summed E-state index contributed by atoms with van der Waals surface area (Å²) in [6.45, 7) is 4.75. The second-order valence-corrected chi connectivity index (χ2v) is 5.89. The zero-order valence-electron chi connectivity index (χ0n) is 11.6. The smallest absolute Gasteiger partial charge is 0.313 e. The molecule has 0 saturated carbocycles. The van der Waals surface area contributed by atoms with E-state index in [-0.39, 0.29) is 0 Å². The van der Waals surface area contributed by atoms with Crippen molar-refractivity contribution in [1.29, 1.82) is 0 Å². The molecule has 0 aromatic heterocycles. The quantitative estimate of drug-likeness (QED) is 0.788. The third-order valence-electron chi connectivity index (χ3n) is 3.36. The van der Waals surface area contributed by atoms with E-state index in [2.05, 4.69) is 26.1 Å². The van der Waals surface area contributed by atoms with Crippen LogP contribution in [0.15, 0.2) is 22.7 Å². The lowest BCUT2D eigenvalue weighted by Crippen LogP contribution is -2.50. The van der Waals surface area contributed by atoms with E-state index in [0.717, 1.165) is 23.1 Å². The van der Waals surface area contributed by atoms with Crippen molar-refractivity contribution >= 4 is 33.4 Å². The molecule has 1 fully saturated rings. The number of nitrogens with zero attached hydrogens (tertiary/aromatic N) is 2. The number of piperazine rings is 1. The molecular weight excluding hydrogens is 322 g/mol. The molecule has 1 aliphatic rings. The second kappa shape index (κ2) is 6.37. The lowest BCUT2D eigenvalue weighted by Gasteiger charge is -2.31. The minimum Gasteiger partial charge on any atom is -0.332 e. The zero-order valence-corrected chi connectivity index (χ0v) is 13.2. The number of likely N-dealkylation sites (N-methyl/N-ethyl adjacent to an activating group) is 1. The highest BCUT2D eigenvalue weighted by Gasteiger charge is 2.25. The highest BCUT2D eigenvalue weighted by molar-refractivity contribution is 9.10. The van der Waals surface area contributed by atoms with Gasteiger partial charge in [0.2, 0.25) is 0 Å². The first-order valence-corrected chi connectivity index (χ1v) is 7.31. The fraction of sp³-hybridized carbons (Fsp3) is 0.429. The molecule has 0 aliphatic carbocycles. The van der Waals surface area contributed by atoms with Crippen LogP contribution in [0.4, 0.5) is 5.69 Å². The predicted octanol–water partition coefficient (Wildman–Crippen LogP) is 1.47. The van der Waals surface area contributed by atoms with E-state index in [9.17, 15) is 9.59 Å². The van der Waals surface area contributed by atoms with Gasteiger partial charge in [0.1, 0.15) is 0 Å². The molecule has 108 valence electrons. The largest absolute Gasteiger partial charge is 0.332 e. The Morgan fingerprint density at radius 2 is 1.85 bits per heavy atom. The lowest BCUT2D eigenvalue weighted by molar-refractivity contribution is -0.144. The Kier molecular flexibility index (Phi) is 4.77. The van der Waals surface area contributed by atoms with Gasteiger partial charge in [0.05, 0.1) is 5.69 Å². The summed E-state index contributed by atoms with van der Waals surface area (Å²) < 4.78 is 0.775. The third-order valence-corrected chi connectivity index (χ3v) is 4.01. The lowest BCUT2D eigenvalue weighted by atomic mass is 10.2. The molecule has 1 aliphatic heterocycles. The van der Waals surface area contributed by atoms with Crippen LogP contribution in [0.3, 0.4) is 0 Å². The van der Waals surface area contributed by atoms with E-state index in [4.69, 9.17) is 0 Å². The van der Waals surface area contributed by atoms with Gasteiger partial charge in [0.15, 0.2) is 0 Å². The van der Waals surface area contributed by atoms with Crippen molar-refractivity contribution in [3.63, 3.8) is 0 Å². The summed E-state index contributed by atoms with van der Waals surface area (Å²) in [5.74, 6) is -1.05. The molecule has 0 radical (unpaired) electrons. The minimum absolute atomic E-state index is 0.467. The molecule has 1 heterocycles. The van der Waals surface area contributed by atoms with Crippen LogP contribution < -0.4 is 5.32 Å². The summed E-state index contributed by atoms with van der Waals surface area (Å²) in [7, 11) is 2.01. The number of nitrogens with one attached hydrogen (secondary N) is 1. The zero-order chi connectivity index (χ0) is 14.7. The van der Waals surface area contributed by atoms with Crippen molar-refractivity contribution in [2.45, 2.75) is 6.92 Å². The standard InChI is InChI=1S/C14H18BrN3O2/c1-10-3-4-12(11(15)9-10)16-13(19)14(20)18-7-5-17(2)6-8-18/h3-4,9H,5-8H2,1-2H3,(H,16,19). The molecule has 1 aromatic rings. The van der Waals surface area contributed by atoms with Crippen LogP contribution in [0.25, 0.3) is 0 Å². The Bertz CT molecular complexity index is 525. The summed E-state index contributed by atoms with van der Waals surface area (Å²) >= 11 is 3.38. The fourth-order valence-electron chi connectivity index (χ4n) is 2.05. The number of aryl methyl sites for hydroxylation is 1. The van der Waals surface area contributed by atoms with Crippen molar-refractivity contribution < 1.29 is 9.59 Å². The van der Waals surface area contributed by atoms with E-state index < -0.39 is 11.8 Å². The van der Waals surface area contributed by atoms with E-state index in [1.165, 1.54) is 0 Å². The number of hydrogen-bond acceptors (Lipinski definition) is 3. The topological polar surface area (TPSA) is 52.7 Å². The van der Waals surface area contributed by atoms with Crippen LogP contribution in [0.1, 0.15) is 5.56 Å². The van der Waals surface area contributed by atoms with Crippen molar-refractivity contribution in [3.05, 3.63) is 28.2 Å². The highest BCUT2D eigenvalue weighted by Crippen LogP contribution is 2.23. The molecule has 0 atom stereocenters. The molecule has 2 amide bonds. The van der Waals surface area contributed by atoms with Crippen LogP contribution in [-0.2, 0) is 9.59 Å². The van der Waals surface area contributed by atoms with Crippen LogP contribution in [-0.4, -0.2) is 54.8 Å². The molecule has 6 heteroatoms. The van der Waals surface area contributed by atoms with Gasteiger partial charge in [-0.15, -0.1) is 0 Å². The average Bonchev–Trinajstić information content (AvgIpc) is 2.42. The molecular formula is C14H18BrN3O2. The number of carbonyl (C=O) groups is 2. The minimum atomic E-state index is -0.584. The van der Waals surface area contributed by atoms with Gasteiger partial charge >= 0.3 is 11.8 Å². The summed E-state index contributed by atoms with van der Waals surface area (Å²) in [5, 5.41) is 2.66. The summed E-state index contributed by atoms with van der Waals surface area (Å²) in [6, 6.07) is 5.57. The van der Waals surface area contributed by atoms with E-state index in [1.807, 2.05) is 26.1 Å². The summed E-state index contributed by atoms with van der Waals surface area (Å²) in [6.07, 6.45) is 0. The van der Waals surface area contributed by atoms with Crippen LogP contribution in [0.2, 0.25) is 0 Å². The number of carbonyl (C=O) groups excluding carboxylic acids is 2. The fourth-order valence-corrected chi connectivity index (χ4v) is 2.64. The Morgan fingerprint density at radius 1 is 1.20 bits per heavy atom. The van der Waals surface area contributed by atoms with Gasteiger partial charge in [-0.3, -0.25) is 9.59 Å². The maximum atomic E-state index is 12.1. The number of halogens is 1. The van der Waals surface area contributed by atoms with Gasteiger partial charge in [-0.25, -0.2) is 0 Å². The first-order chi connectivity index (χ1) is 9.47. The molecule has 5 nitrogen and oxygen atoms in total. The number of rotatable bonds is 1. The number of benzene rings is 1. The van der Waals surface area contributed by atoms with Crippen LogP contribution in [0.5, 0.6) is 0 Å². The van der Waals surface area contributed by atoms with Crippen LogP contribution in [0, 0.1) is 6.92 Å². The third kappa shape index (κ3) is 3.58. The molecule has 20 heavy (non-hydrogen) atoms. The molecule has 0 bridgehead atoms. The molecule has 1 aromatic carbocycles. The van der Waals surface area contributed by atoms with Crippen molar-refractivity contribution in [2.75, 3.05) is 38.5 Å². The van der Waals surface area contributed by atoms with Gasteiger partial charge < -0.3 is 15.1 Å².